The first-order valence-corrected chi connectivity index (χ1v) is 6.86. The predicted octanol–water partition coefficient (Wildman–Crippen LogP) is 2.24. The van der Waals surface area contributed by atoms with Gasteiger partial charge in [0.25, 0.3) is 0 Å². The number of nitrogens with zero attached hydrogens (tertiary/aromatic N) is 1. The van der Waals surface area contributed by atoms with Crippen molar-refractivity contribution >= 4 is 0 Å². The summed E-state index contributed by atoms with van der Waals surface area (Å²) in [6, 6.07) is 11.6. The zero-order valence-corrected chi connectivity index (χ0v) is 12.4. The van der Waals surface area contributed by atoms with Gasteiger partial charge in [0, 0.05) is 29.6 Å². The van der Waals surface area contributed by atoms with Crippen LogP contribution in [0, 0.1) is 0 Å². The summed E-state index contributed by atoms with van der Waals surface area (Å²) < 4.78 is 10.6. The monoisotopic (exact) mass is 287 g/mol. The molecule has 5 heteroatoms. The van der Waals surface area contributed by atoms with Crippen molar-refractivity contribution in [2.24, 2.45) is 5.84 Å². The second kappa shape index (κ2) is 7.61. The van der Waals surface area contributed by atoms with Crippen LogP contribution in [0.3, 0.4) is 0 Å². The lowest BCUT2D eigenvalue weighted by atomic mass is 10.00. The van der Waals surface area contributed by atoms with E-state index in [1.807, 2.05) is 36.4 Å². The van der Waals surface area contributed by atoms with Crippen LogP contribution in [0.15, 0.2) is 42.6 Å². The molecule has 0 spiro atoms. The number of benzene rings is 1. The Morgan fingerprint density at radius 2 is 2.05 bits per heavy atom. The van der Waals surface area contributed by atoms with E-state index in [4.69, 9.17) is 15.3 Å². The van der Waals surface area contributed by atoms with Crippen LogP contribution < -0.4 is 20.7 Å². The Kier molecular flexibility index (Phi) is 5.54. The molecule has 1 heterocycles. The van der Waals surface area contributed by atoms with E-state index in [1.54, 1.807) is 20.4 Å². The molecule has 0 fully saturated rings. The quantitative estimate of drug-likeness (QED) is 0.604. The Bertz CT molecular complexity index is 561. The highest BCUT2D eigenvalue weighted by Gasteiger charge is 2.16. The molecule has 0 aliphatic carbocycles. The summed E-state index contributed by atoms with van der Waals surface area (Å²) in [5, 5.41) is 0. The standard InChI is InChI=1S/C16H21N3O2/c1-20-13-7-8-14(16(11-13)21-2)15(19-17)9-6-12-5-3-4-10-18-12/h3-5,7-8,10-11,15,19H,6,9,17H2,1-2H3. The van der Waals surface area contributed by atoms with Gasteiger partial charge >= 0.3 is 0 Å². The number of aryl methyl sites for hydroxylation is 1. The second-order valence-corrected chi connectivity index (χ2v) is 4.69. The molecule has 2 rings (SSSR count). The van der Waals surface area contributed by atoms with Crippen LogP contribution in [0.4, 0.5) is 0 Å². The number of nitrogens with two attached hydrogens (primary N) is 1. The third kappa shape index (κ3) is 3.93. The molecule has 5 nitrogen and oxygen atoms in total. The summed E-state index contributed by atoms with van der Waals surface area (Å²) in [7, 11) is 3.28. The first-order chi connectivity index (χ1) is 10.3. The molecule has 0 saturated carbocycles. The molecular formula is C16H21N3O2. The van der Waals surface area contributed by atoms with Crippen molar-refractivity contribution in [3.05, 3.63) is 53.9 Å². The number of aromatic nitrogens is 1. The third-order valence-electron chi connectivity index (χ3n) is 3.43. The van der Waals surface area contributed by atoms with E-state index in [2.05, 4.69) is 10.4 Å². The van der Waals surface area contributed by atoms with Crippen molar-refractivity contribution < 1.29 is 9.47 Å². The molecule has 0 saturated heterocycles. The summed E-state index contributed by atoms with van der Waals surface area (Å²) in [6.45, 7) is 0. The van der Waals surface area contributed by atoms with Crippen molar-refractivity contribution in [3.8, 4) is 11.5 Å². The number of nitrogens with one attached hydrogen (secondary N) is 1. The second-order valence-electron chi connectivity index (χ2n) is 4.69. The van der Waals surface area contributed by atoms with E-state index in [0.717, 1.165) is 35.6 Å². The summed E-state index contributed by atoms with van der Waals surface area (Å²) in [5.41, 5.74) is 4.91. The maximum Gasteiger partial charge on any atom is 0.127 e. The summed E-state index contributed by atoms with van der Waals surface area (Å²) in [4.78, 5) is 4.33. The van der Waals surface area contributed by atoms with Gasteiger partial charge in [-0.15, -0.1) is 0 Å². The Morgan fingerprint density at radius 1 is 1.19 bits per heavy atom. The number of hydrogen-bond acceptors (Lipinski definition) is 5. The topological polar surface area (TPSA) is 69.4 Å². The molecule has 0 amide bonds. The van der Waals surface area contributed by atoms with Crippen molar-refractivity contribution in [1.29, 1.82) is 0 Å². The number of rotatable bonds is 7. The lowest BCUT2D eigenvalue weighted by Gasteiger charge is -2.19. The minimum absolute atomic E-state index is 0.00661. The van der Waals surface area contributed by atoms with Gasteiger partial charge in [0.1, 0.15) is 11.5 Å². The van der Waals surface area contributed by atoms with Gasteiger partial charge in [0.2, 0.25) is 0 Å². The van der Waals surface area contributed by atoms with Crippen LogP contribution in [0.25, 0.3) is 0 Å². The molecule has 0 aliphatic rings. The van der Waals surface area contributed by atoms with E-state index in [9.17, 15) is 0 Å². The van der Waals surface area contributed by atoms with Gasteiger partial charge in [-0.3, -0.25) is 16.3 Å². The minimum atomic E-state index is -0.00661. The van der Waals surface area contributed by atoms with Crippen LogP contribution in [-0.4, -0.2) is 19.2 Å². The zero-order valence-electron chi connectivity index (χ0n) is 12.4. The minimum Gasteiger partial charge on any atom is -0.497 e. The van der Waals surface area contributed by atoms with Gasteiger partial charge in [-0.1, -0.05) is 12.1 Å². The summed E-state index contributed by atoms with van der Waals surface area (Å²) in [5.74, 6) is 7.23. The molecule has 2 aromatic rings. The smallest absolute Gasteiger partial charge is 0.127 e. The fraction of sp³-hybridized carbons (Fsp3) is 0.312. The first-order valence-electron chi connectivity index (χ1n) is 6.86. The van der Waals surface area contributed by atoms with E-state index in [1.165, 1.54) is 0 Å². The highest BCUT2D eigenvalue weighted by Crippen LogP contribution is 2.31. The molecule has 3 N–H and O–H groups in total. The molecule has 1 aromatic carbocycles. The van der Waals surface area contributed by atoms with Crippen LogP contribution in [0.1, 0.15) is 23.7 Å². The SMILES string of the molecule is COc1ccc(C(CCc2ccccn2)NN)c(OC)c1. The molecule has 1 atom stereocenters. The lowest BCUT2D eigenvalue weighted by Crippen LogP contribution is -2.28. The largest absolute Gasteiger partial charge is 0.497 e. The number of pyridine rings is 1. The van der Waals surface area contributed by atoms with Crippen molar-refractivity contribution in [2.45, 2.75) is 18.9 Å². The normalized spacial score (nSPS) is 12.0. The Morgan fingerprint density at radius 3 is 2.67 bits per heavy atom. The first kappa shape index (κ1) is 15.3. The number of methoxy groups -OCH3 is 2. The van der Waals surface area contributed by atoms with Crippen LogP contribution in [0.5, 0.6) is 11.5 Å². The Balaban J connectivity index is 2.13. The molecule has 112 valence electrons. The fourth-order valence-corrected chi connectivity index (χ4v) is 2.27. The average molecular weight is 287 g/mol. The zero-order chi connectivity index (χ0) is 15.1. The van der Waals surface area contributed by atoms with Gasteiger partial charge in [-0.25, -0.2) is 0 Å². The third-order valence-corrected chi connectivity index (χ3v) is 3.43. The van der Waals surface area contributed by atoms with Gasteiger partial charge in [-0.2, -0.15) is 0 Å². The summed E-state index contributed by atoms with van der Waals surface area (Å²) >= 11 is 0. The molecule has 21 heavy (non-hydrogen) atoms. The van der Waals surface area contributed by atoms with Crippen molar-refractivity contribution in [1.82, 2.24) is 10.4 Å². The van der Waals surface area contributed by atoms with Crippen LogP contribution in [-0.2, 0) is 6.42 Å². The maximum absolute atomic E-state index is 5.71. The van der Waals surface area contributed by atoms with Gasteiger partial charge in [-0.05, 0) is 31.0 Å². The van der Waals surface area contributed by atoms with Gasteiger partial charge < -0.3 is 9.47 Å². The Labute approximate surface area is 125 Å². The van der Waals surface area contributed by atoms with Crippen LogP contribution >= 0.6 is 0 Å². The van der Waals surface area contributed by atoms with Gasteiger partial charge in [0.15, 0.2) is 0 Å². The maximum atomic E-state index is 5.71. The van der Waals surface area contributed by atoms with E-state index >= 15 is 0 Å². The van der Waals surface area contributed by atoms with Gasteiger partial charge in [0.05, 0.1) is 14.2 Å². The van der Waals surface area contributed by atoms with E-state index in [0.29, 0.717) is 0 Å². The number of hydrazine groups is 1. The van der Waals surface area contributed by atoms with E-state index in [-0.39, 0.29) is 6.04 Å². The predicted molar refractivity (Wildman–Crippen MR) is 82.2 cm³/mol. The number of ether oxygens (including phenoxy) is 2. The molecule has 0 aliphatic heterocycles. The molecule has 1 aromatic heterocycles. The Hall–Kier alpha value is -2.11. The molecule has 0 radical (unpaired) electrons. The average Bonchev–Trinajstić information content (AvgIpc) is 2.56. The highest BCUT2D eigenvalue weighted by atomic mass is 16.5. The van der Waals surface area contributed by atoms with Crippen LogP contribution in [0.2, 0.25) is 0 Å². The van der Waals surface area contributed by atoms with Crippen molar-refractivity contribution in [2.75, 3.05) is 14.2 Å². The fourth-order valence-electron chi connectivity index (χ4n) is 2.27. The molecular weight excluding hydrogens is 266 g/mol. The van der Waals surface area contributed by atoms with E-state index < -0.39 is 0 Å². The summed E-state index contributed by atoms with van der Waals surface area (Å²) in [6.07, 6.45) is 3.47. The van der Waals surface area contributed by atoms with Crippen molar-refractivity contribution in [3.63, 3.8) is 0 Å². The molecule has 0 bridgehead atoms. The highest BCUT2D eigenvalue weighted by molar-refractivity contribution is 5.42. The number of hydrogen-bond donors (Lipinski definition) is 2. The lowest BCUT2D eigenvalue weighted by molar-refractivity contribution is 0.382. The molecule has 1 unspecified atom stereocenters.